The van der Waals surface area contributed by atoms with Gasteiger partial charge in [-0.15, -0.1) is 0 Å². The Morgan fingerprint density at radius 2 is 1.90 bits per heavy atom. The number of methoxy groups -OCH3 is 1. The monoisotopic (exact) mass is 410 g/mol. The molecule has 4 rings (SSSR count). The van der Waals surface area contributed by atoms with Crippen LogP contribution in [-0.4, -0.2) is 71.6 Å². The molecule has 0 radical (unpaired) electrons. The number of hydrogen-bond acceptors (Lipinski definition) is 8. The molecule has 0 amide bonds. The molecule has 0 bridgehead atoms. The number of aromatic nitrogens is 4. The molecule has 3 aromatic rings. The highest BCUT2D eigenvalue weighted by atomic mass is 16.5. The van der Waals surface area contributed by atoms with Crippen molar-refractivity contribution in [1.29, 1.82) is 0 Å². The maximum absolute atomic E-state index is 5.95. The second-order valence-electron chi connectivity index (χ2n) is 6.93. The van der Waals surface area contributed by atoms with E-state index in [2.05, 4.69) is 25.7 Å². The van der Waals surface area contributed by atoms with Gasteiger partial charge in [-0.2, -0.15) is 4.68 Å². The highest BCUT2D eigenvalue weighted by Crippen LogP contribution is 2.32. The normalized spacial score (nSPS) is 14.6. The maximum Gasteiger partial charge on any atom is 0.346 e. The predicted octanol–water partition coefficient (Wildman–Crippen LogP) is 1.88. The number of benzene rings is 2. The number of para-hydroxylation sites is 1. The average molecular weight is 410 g/mol. The van der Waals surface area contributed by atoms with Crippen molar-refractivity contribution in [2.45, 2.75) is 6.54 Å². The second-order valence-corrected chi connectivity index (χ2v) is 6.93. The molecule has 9 nitrogen and oxygen atoms in total. The van der Waals surface area contributed by atoms with Gasteiger partial charge in [-0.05, 0) is 40.3 Å². The fourth-order valence-electron chi connectivity index (χ4n) is 3.27. The zero-order valence-corrected chi connectivity index (χ0v) is 17.0. The third kappa shape index (κ3) is 5.12. The summed E-state index contributed by atoms with van der Waals surface area (Å²) in [7, 11) is 1.62. The molecule has 1 aromatic heterocycles. The van der Waals surface area contributed by atoms with E-state index in [0.717, 1.165) is 57.2 Å². The largest absolute Gasteiger partial charge is 0.493 e. The first-order valence-electron chi connectivity index (χ1n) is 10.0. The molecule has 0 atom stereocenters. The Kier molecular flexibility index (Phi) is 6.86. The van der Waals surface area contributed by atoms with E-state index >= 15 is 0 Å². The lowest BCUT2D eigenvalue weighted by Crippen LogP contribution is -2.40. The lowest BCUT2D eigenvalue weighted by Gasteiger charge is -2.26. The Morgan fingerprint density at radius 1 is 1.07 bits per heavy atom. The summed E-state index contributed by atoms with van der Waals surface area (Å²) in [6.07, 6.45) is 0. The molecule has 1 fully saturated rings. The molecule has 1 aliphatic rings. The third-order valence-corrected chi connectivity index (χ3v) is 4.91. The first-order chi connectivity index (χ1) is 14.8. The first kappa shape index (κ1) is 20.3. The molecular formula is C21H26N6O3. The summed E-state index contributed by atoms with van der Waals surface area (Å²) in [5.74, 6) is 1.19. The van der Waals surface area contributed by atoms with Gasteiger partial charge in [0, 0.05) is 32.7 Å². The van der Waals surface area contributed by atoms with Crippen molar-refractivity contribution < 1.29 is 14.2 Å². The van der Waals surface area contributed by atoms with Crippen LogP contribution in [0.25, 0.3) is 5.69 Å². The summed E-state index contributed by atoms with van der Waals surface area (Å²) in [4.78, 5) is 2.41. The SMILES string of the molecule is COc1cc(CNCCN2CCOCC2)ccc1Oc1nnnn1-c1ccccc1. The molecule has 9 heteroatoms. The van der Waals surface area contributed by atoms with Crippen molar-refractivity contribution >= 4 is 0 Å². The van der Waals surface area contributed by atoms with E-state index in [1.54, 1.807) is 11.8 Å². The van der Waals surface area contributed by atoms with E-state index in [1.807, 2.05) is 48.5 Å². The van der Waals surface area contributed by atoms with Crippen LogP contribution in [0.1, 0.15) is 5.56 Å². The summed E-state index contributed by atoms with van der Waals surface area (Å²) in [6, 6.07) is 15.7. The van der Waals surface area contributed by atoms with E-state index < -0.39 is 0 Å². The average Bonchev–Trinajstić information content (AvgIpc) is 3.27. The predicted molar refractivity (Wildman–Crippen MR) is 111 cm³/mol. The molecule has 30 heavy (non-hydrogen) atoms. The van der Waals surface area contributed by atoms with E-state index in [4.69, 9.17) is 14.2 Å². The molecule has 0 unspecified atom stereocenters. The maximum atomic E-state index is 5.95. The van der Waals surface area contributed by atoms with Gasteiger partial charge in [0.2, 0.25) is 0 Å². The highest BCUT2D eigenvalue weighted by molar-refractivity contribution is 5.44. The Hall–Kier alpha value is -3.01. The molecule has 0 saturated carbocycles. The van der Waals surface area contributed by atoms with Gasteiger partial charge in [0.25, 0.3) is 0 Å². The fourth-order valence-corrected chi connectivity index (χ4v) is 3.27. The van der Waals surface area contributed by atoms with Gasteiger partial charge >= 0.3 is 6.01 Å². The summed E-state index contributed by atoms with van der Waals surface area (Å²) in [5.41, 5.74) is 1.93. The second kappa shape index (κ2) is 10.1. The Morgan fingerprint density at radius 3 is 2.70 bits per heavy atom. The van der Waals surface area contributed by atoms with Crippen LogP contribution in [0.5, 0.6) is 17.5 Å². The molecule has 158 valence electrons. The van der Waals surface area contributed by atoms with Crippen LogP contribution in [0.3, 0.4) is 0 Å². The van der Waals surface area contributed by atoms with Gasteiger partial charge in [0.1, 0.15) is 0 Å². The molecule has 1 N–H and O–H groups in total. The highest BCUT2D eigenvalue weighted by Gasteiger charge is 2.14. The van der Waals surface area contributed by atoms with Crippen LogP contribution in [-0.2, 0) is 11.3 Å². The standard InChI is InChI=1S/C21H26N6O3/c1-28-20-15-17(16-22-9-10-26-11-13-29-14-12-26)7-8-19(20)30-21-23-24-25-27(21)18-5-3-2-4-6-18/h2-8,15,22H,9-14,16H2,1H3. The summed E-state index contributed by atoms with van der Waals surface area (Å²) in [6.45, 7) is 6.35. The van der Waals surface area contributed by atoms with Crippen LogP contribution in [0.4, 0.5) is 0 Å². The fraction of sp³-hybridized carbons (Fsp3) is 0.381. The summed E-state index contributed by atoms with van der Waals surface area (Å²) >= 11 is 0. The minimum Gasteiger partial charge on any atom is -0.493 e. The zero-order valence-electron chi connectivity index (χ0n) is 17.0. The van der Waals surface area contributed by atoms with Gasteiger partial charge < -0.3 is 19.5 Å². The van der Waals surface area contributed by atoms with Gasteiger partial charge in [-0.25, -0.2) is 0 Å². The molecule has 1 saturated heterocycles. The molecule has 2 aromatic carbocycles. The molecule has 2 heterocycles. The Labute approximate surface area is 175 Å². The topological polar surface area (TPSA) is 86.6 Å². The van der Waals surface area contributed by atoms with Crippen molar-refractivity contribution in [2.75, 3.05) is 46.5 Å². The summed E-state index contributed by atoms with van der Waals surface area (Å²) < 4.78 is 18.4. The molecule has 0 aliphatic carbocycles. The van der Waals surface area contributed by atoms with Crippen molar-refractivity contribution in [1.82, 2.24) is 30.4 Å². The Bertz CT molecular complexity index is 928. The lowest BCUT2D eigenvalue weighted by atomic mass is 10.2. The van der Waals surface area contributed by atoms with Crippen LogP contribution < -0.4 is 14.8 Å². The Balaban J connectivity index is 1.37. The number of morpholine rings is 1. The minimum atomic E-state index is 0.274. The van der Waals surface area contributed by atoms with Crippen LogP contribution in [0.15, 0.2) is 48.5 Å². The van der Waals surface area contributed by atoms with Gasteiger partial charge in [0.05, 0.1) is 26.0 Å². The van der Waals surface area contributed by atoms with Gasteiger partial charge in [0.15, 0.2) is 11.5 Å². The number of hydrogen-bond donors (Lipinski definition) is 1. The van der Waals surface area contributed by atoms with E-state index in [-0.39, 0.29) is 6.01 Å². The molecule has 0 spiro atoms. The van der Waals surface area contributed by atoms with Crippen LogP contribution in [0.2, 0.25) is 0 Å². The first-order valence-corrected chi connectivity index (χ1v) is 10.0. The number of ether oxygens (including phenoxy) is 3. The number of rotatable bonds is 9. The van der Waals surface area contributed by atoms with E-state index in [0.29, 0.717) is 11.5 Å². The number of nitrogens with zero attached hydrogens (tertiary/aromatic N) is 5. The smallest absolute Gasteiger partial charge is 0.346 e. The lowest BCUT2D eigenvalue weighted by molar-refractivity contribution is 0.0384. The molecule has 1 aliphatic heterocycles. The summed E-state index contributed by atoms with van der Waals surface area (Å²) in [5, 5.41) is 15.2. The van der Waals surface area contributed by atoms with Crippen molar-refractivity contribution in [3.8, 4) is 23.2 Å². The van der Waals surface area contributed by atoms with Crippen molar-refractivity contribution in [2.24, 2.45) is 0 Å². The van der Waals surface area contributed by atoms with Crippen molar-refractivity contribution in [3.63, 3.8) is 0 Å². The molecular weight excluding hydrogens is 384 g/mol. The third-order valence-electron chi connectivity index (χ3n) is 4.91. The van der Waals surface area contributed by atoms with E-state index in [9.17, 15) is 0 Å². The quantitative estimate of drug-likeness (QED) is 0.535. The zero-order chi connectivity index (χ0) is 20.6. The number of nitrogens with one attached hydrogen (secondary N) is 1. The minimum absolute atomic E-state index is 0.274. The number of tetrazole rings is 1. The van der Waals surface area contributed by atoms with Crippen LogP contribution in [0, 0.1) is 0 Å². The van der Waals surface area contributed by atoms with Gasteiger partial charge in [-0.3, -0.25) is 4.90 Å². The van der Waals surface area contributed by atoms with E-state index in [1.165, 1.54) is 0 Å². The van der Waals surface area contributed by atoms with Crippen molar-refractivity contribution in [3.05, 3.63) is 54.1 Å². The van der Waals surface area contributed by atoms with Gasteiger partial charge in [-0.1, -0.05) is 29.4 Å². The van der Waals surface area contributed by atoms with Crippen LogP contribution >= 0.6 is 0 Å².